The van der Waals surface area contributed by atoms with E-state index >= 15 is 0 Å². The van der Waals surface area contributed by atoms with Gasteiger partial charge in [-0.05, 0) is 17.2 Å². The van der Waals surface area contributed by atoms with Crippen LogP contribution in [0.4, 0.5) is 0 Å². The second-order valence-electron chi connectivity index (χ2n) is 5.03. The van der Waals surface area contributed by atoms with Crippen molar-refractivity contribution in [2.45, 2.75) is 5.92 Å². The second-order valence-corrected chi connectivity index (χ2v) is 5.03. The first kappa shape index (κ1) is 13.3. The number of allylic oxidation sites excluding steroid dienone is 5. The van der Waals surface area contributed by atoms with E-state index in [-0.39, 0.29) is 5.78 Å². The summed E-state index contributed by atoms with van der Waals surface area (Å²) in [6.45, 7) is 0. The maximum Gasteiger partial charge on any atom is 0.185 e. The summed E-state index contributed by atoms with van der Waals surface area (Å²) in [7, 11) is 0. The molecule has 3 rings (SSSR count). The van der Waals surface area contributed by atoms with Crippen LogP contribution >= 0.6 is 0 Å². The molecule has 0 spiro atoms. The lowest BCUT2D eigenvalue weighted by Gasteiger charge is -2.06. The number of carbonyl (C=O) groups is 1. The lowest BCUT2D eigenvalue weighted by Crippen LogP contribution is -1.93. The van der Waals surface area contributed by atoms with E-state index in [1.807, 2.05) is 48.5 Å². The summed E-state index contributed by atoms with van der Waals surface area (Å²) in [6.07, 6.45) is 12.0. The van der Waals surface area contributed by atoms with Crippen LogP contribution in [0, 0.1) is 0 Å². The Balaban J connectivity index is 1.77. The van der Waals surface area contributed by atoms with Crippen molar-refractivity contribution in [2.75, 3.05) is 0 Å². The molecule has 0 aromatic heterocycles. The average molecular weight is 272 g/mol. The van der Waals surface area contributed by atoms with Gasteiger partial charge in [-0.15, -0.1) is 0 Å². The Labute approximate surface area is 124 Å². The van der Waals surface area contributed by atoms with E-state index in [0.717, 1.165) is 5.56 Å². The van der Waals surface area contributed by atoms with Gasteiger partial charge in [0.25, 0.3) is 0 Å². The molecule has 2 aromatic carbocycles. The van der Waals surface area contributed by atoms with E-state index in [1.54, 1.807) is 6.08 Å². The first-order valence-corrected chi connectivity index (χ1v) is 7.05. The Bertz CT molecular complexity index is 709. The molecule has 1 nitrogen and oxygen atoms in total. The number of rotatable bonds is 4. The summed E-state index contributed by atoms with van der Waals surface area (Å²) in [6, 6.07) is 17.6. The van der Waals surface area contributed by atoms with Crippen LogP contribution in [-0.2, 0) is 0 Å². The Kier molecular flexibility index (Phi) is 3.92. The lowest BCUT2D eigenvalue weighted by atomic mass is 9.98. The minimum Gasteiger partial charge on any atom is -0.289 e. The molecule has 0 saturated heterocycles. The molecule has 0 amide bonds. The summed E-state index contributed by atoms with van der Waals surface area (Å²) in [5.41, 5.74) is 3.01. The van der Waals surface area contributed by atoms with Gasteiger partial charge in [-0.2, -0.15) is 0 Å². The molecular weight excluding hydrogens is 256 g/mol. The second kappa shape index (κ2) is 6.19. The monoisotopic (exact) mass is 272 g/mol. The molecule has 0 bridgehead atoms. The van der Waals surface area contributed by atoms with Gasteiger partial charge in [0, 0.05) is 11.5 Å². The predicted molar refractivity (Wildman–Crippen MR) is 87.3 cm³/mol. The van der Waals surface area contributed by atoms with Crippen LogP contribution in [0.15, 0.2) is 85.0 Å². The van der Waals surface area contributed by atoms with E-state index in [2.05, 4.69) is 36.4 Å². The predicted octanol–water partition coefficient (Wildman–Crippen LogP) is 4.79. The van der Waals surface area contributed by atoms with Crippen molar-refractivity contribution in [3.63, 3.8) is 0 Å². The van der Waals surface area contributed by atoms with Crippen LogP contribution in [0.25, 0.3) is 6.08 Å². The van der Waals surface area contributed by atoms with Crippen LogP contribution in [0.5, 0.6) is 0 Å². The topological polar surface area (TPSA) is 17.1 Å². The van der Waals surface area contributed by atoms with Gasteiger partial charge in [-0.3, -0.25) is 4.79 Å². The molecule has 0 fully saturated rings. The maximum absolute atomic E-state index is 12.0. The van der Waals surface area contributed by atoms with Crippen LogP contribution in [0.3, 0.4) is 0 Å². The summed E-state index contributed by atoms with van der Waals surface area (Å²) in [5.74, 6) is 0.379. The average Bonchev–Trinajstić information content (AvgIpc) is 3.08. The molecule has 102 valence electrons. The van der Waals surface area contributed by atoms with E-state index in [0.29, 0.717) is 11.5 Å². The minimum atomic E-state index is 0.0293. The summed E-state index contributed by atoms with van der Waals surface area (Å²) in [4.78, 5) is 12.0. The van der Waals surface area contributed by atoms with Crippen molar-refractivity contribution < 1.29 is 4.79 Å². The van der Waals surface area contributed by atoms with Gasteiger partial charge < -0.3 is 0 Å². The van der Waals surface area contributed by atoms with Crippen molar-refractivity contribution in [1.29, 1.82) is 0 Å². The molecule has 21 heavy (non-hydrogen) atoms. The molecule has 1 aliphatic carbocycles. The van der Waals surface area contributed by atoms with E-state index in [1.165, 1.54) is 5.56 Å². The first-order chi connectivity index (χ1) is 10.3. The van der Waals surface area contributed by atoms with E-state index in [4.69, 9.17) is 0 Å². The fourth-order valence-corrected chi connectivity index (χ4v) is 2.39. The van der Waals surface area contributed by atoms with Crippen LogP contribution in [-0.4, -0.2) is 5.78 Å². The zero-order valence-corrected chi connectivity index (χ0v) is 11.6. The summed E-state index contributed by atoms with van der Waals surface area (Å²) in [5, 5.41) is 0. The van der Waals surface area contributed by atoms with Gasteiger partial charge in [0.15, 0.2) is 5.78 Å². The van der Waals surface area contributed by atoms with Crippen LogP contribution in [0.2, 0.25) is 0 Å². The molecule has 1 heteroatoms. The van der Waals surface area contributed by atoms with Gasteiger partial charge in [0.2, 0.25) is 0 Å². The lowest BCUT2D eigenvalue weighted by molar-refractivity contribution is 0.104. The molecule has 0 saturated carbocycles. The Morgan fingerprint density at radius 1 is 0.905 bits per heavy atom. The van der Waals surface area contributed by atoms with Gasteiger partial charge in [-0.1, -0.05) is 85.0 Å². The first-order valence-electron chi connectivity index (χ1n) is 7.05. The number of hydrogen-bond donors (Lipinski definition) is 0. The smallest absolute Gasteiger partial charge is 0.185 e. The van der Waals surface area contributed by atoms with Gasteiger partial charge in [0.05, 0.1) is 0 Å². The highest BCUT2D eigenvalue weighted by atomic mass is 16.1. The highest BCUT2D eigenvalue weighted by Crippen LogP contribution is 2.23. The Morgan fingerprint density at radius 3 is 2.43 bits per heavy atom. The SMILES string of the molecule is O=C(C=Cc1cccc(C2C=CC=C2)c1)c1ccccc1. The van der Waals surface area contributed by atoms with E-state index < -0.39 is 0 Å². The molecule has 0 aliphatic heterocycles. The molecule has 2 aromatic rings. The number of hydrogen-bond acceptors (Lipinski definition) is 1. The van der Waals surface area contributed by atoms with Crippen molar-refractivity contribution in [2.24, 2.45) is 0 Å². The molecule has 1 aliphatic rings. The van der Waals surface area contributed by atoms with Crippen molar-refractivity contribution in [1.82, 2.24) is 0 Å². The molecule has 0 atom stereocenters. The third-order valence-electron chi connectivity index (χ3n) is 3.53. The fraction of sp³-hybridized carbons (Fsp3) is 0.0500. The number of ketones is 1. The van der Waals surface area contributed by atoms with E-state index in [9.17, 15) is 4.79 Å². The molecular formula is C20H16O. The number of benzene rings is 2. The minimum absolute atomic E-state index is 0.0293. The number of carbonyl (C=O) groups excluding carboxylic acids is 1. The third kappa shape index (κ3) is 3.26. The quantitative estimate of drug-likeness (QED) is 0.577. The largest absolute Gasteiger partial charge is 0.289 e. The van der Waals surface area contributed by atoms with Crippen LogP contribution < -0.4 is 0 Å². The highest BCUT2D eigenvalue weighted by molar-refractivity contribution is 6.06. The maximum atomic E-state index is 12.0. The Hall–Kier alpha value is -2.67. The Morgan fingerprint density at radius 2 is 1.67 bits per heavy atom. The van der Waals surface area contributed by atoms with Crippen molar-refractivity contribution in [3.05, 3.63) is 102 Å². The zero-order chi connectivity index (χ0) is 14.5. The van der Waals surface area contributed by atoms with Crippen LogP contribution in [0.1, 0.15) is 27.4 Å². The molecule has 0 unspecified atom stereocenters. The third-order valence-corrected chi connectivity index (χ3v) is 3.53. The summed E-state index contributed by atoms with van der Waals surface area (Å²) >= 11 is 0. The highest BCUT2D eigenvalue weighted by Gasteiger charge is 2.06. The summed E-state index contributed by atoms with van der Waals surface area (Å²) < 4.78 is 0. The van der Waals surface area contributed by atoms with Gasteiger partial charge in [-0.25, -0.2) is 0 Å². The molecule has 0 heterocycles. The van der Waals surface area contributed by atoms with Crippen molar-refractivity contribution >= 4 is 11.9 Å². The van der Waals surface area contributed by atoms with Gasteiger partial charge in [0.1, 0.15) is 0 Å². The molecule has 0 radical (unpaired) electrons. The fourth-order valence-electron chi connectivity index (χ4n) is 2.39. The standard InChI is InChI=1S/C20H16O/c21-20(18-10-2-1-3-11-18)14-13-16-7-6-12-19(15-16)17-8-4-5-9-17/h1-15,17H. The molecule has 0 N–H and O–H groups in total. The van der Waals surface area contributed by atoms with Gasteiger partial charge >= 0.3 is 0 Å². The van der Waals surface area contributed by atoms with Crippen molar-refractivity contribution in [3.8, 4) is 0 Å². The zero-order valence-electron chi connectivity index (χ0n) is 11.6. The normalized spacial score (nSPS) is 14.1.